The third-order valence-electron chi connectivity index (χ3n) is 5.13. The number of ether oxygens (including phenoxy) is 1. The Labute approximate surface area is 120 Å². The van der Waals surface area contributed by atoms with E-state index in [0.717, 1.165) is 31.5 Å². The molecule has 20 heavy (non-hydrogen) atoms. The van der Waals surface area contributed by atoms with Crippen molar-refractivity contribution < 1.29 is 9.53 Å². The van der Waals surface area contributed by atoms with E-state index in [1.165, 1.54) is 12.8 Å². The molecule has 1 saturated heterocycles. The van der Waals surface area contributed by atoms with Crippen LogP contribution in [-0.2, 0) is 4.74 Å². The zero-order valence-electron chi connectivity index (χ0n) is 12.3. The second-order valence-electron chi connectivity index (χ2n) is 6.09. The number of rotatable bonds is 2. The Kier molecular flexibility index (Phi) is 3.50. The van der Waals surface area contributed by atoms with Gasteiger partial charge in [0.1, 0.15) is 5.69 Å². The van der Waals surface area contributed by atoms with Crippen LogP contribution < -0.4 is 0 Å². The summed E-state index contributed by atoms with van der Waals surface area (Å²) in [5, 5.41) is 0. The topological polar surface area (TPSA) is 42.4 Å². The summed E-state index contributed by atoms with van der Waals surface area (Å²) in [7, 11) is 1.81. The van der Waals surface area contributed by atoms with Crippen molar-refractivity contribution in [2.75, 3.05) is 20.2 Å². The Balaban J connectivity index is 1.67. The van der Waals surface area contributed by atoms with Crippen molar-refractivity contribution in [3.63, 3.8) is 0 Å². The van der Waals surface area contributed by atoms with Gasteiger partial charge in [-0.15, -0.1) is 0 Å². The molecule has 0 bridgehead atoms. The van der Waals surface area contributed by atoms with E-state index in [1.54, 1.807) is 13.3 Å². The number of pyridine rings is 1. The van der Waals surface area contributed by atoms with Crippen LogP contribution in [0.1, 0.15) is 41.7 Å². The van der Waals surface area contributed by atoms with Crippen LogP contribution in [0, 0.1) is 12.3 Å². The fourth-order valence-corrected chi connectivity index (χ4v) is 3.62. The highest BCUT2D eigenvalue weighted by atomic mass is 16.5. The number of likely N-dealkylation sites (tertiary alicyclic amines) is 1. The molecule has 3 rings (SSSR count). The summed E-state index contributed by atoms with van der Waals surface area (Å²) in [5.41, 5.74) is 1.89. The first-order chi connectivity index (χ1) is 9.66. The maximum atomic E-state index is 12.5. The fraction of sp³-hybridized carbons (Fsp3) is 0.625. The van der Waals surface area contributed by atoms with Gasteiger partial charge in [0, 0.05) is 31.8 Å². The van der Waals surface area contributed by atoms with Crippen molar-refractivity contribution >= 4 is 5.91 Å². The molecule has 1 aromatic heterocycles. The number of aryl methyl sites for hydroxylation is 1. The molecule has 1 aliphatic heterocycles. The molecule has 1 unspecified atom stereocenters. The third-order valence-corrected chi connectivity index (χ3v) is 5.13. The predicted molar refractivity (Wildman–Crippen MR) is 76.6 cm³/mol. The molecule has 0 N–H and O–H groups in total. The van der Waals surface area contributed by atoms with E-state index in [4.69, 9.17) is 4.74 Å². The third kappa shape index (κ3) is 2.12. The summed E-state index contributed by atoms with van der Waals surface area (Å²) in [6, 6.07) is 3.81. The van der Waals surface area contributed by atoms with Crippen molar-refractivity contribution in [3.8, 4) is 0 Å². The van der Waals surface area contributed by atoms with Crippen LogP contribution in [0.4, 0.5) is 0 Å². The first-order valence-corrected chi connectivity index (χ1v) is 7.40. The number of carbonyl (C=O) groups excluding carboxylic acids is 1. The second-order valence-corrected chi connectivity index (χ2v) is 6.09. The van der Waals surface area contributed by atoms with E-state index in [9.17, 15) is 4.79 Å². The van der Waals surface area contributed by atoms with Crippen molar-refractivity contribution in [2.24, 2.45) is 5.41 Å². The molecule has 0 aromatic carbocycles. The van der Waals surface area contributed by atoms with Crippen molar-refractivity contribution in [2.45, 2.75) is 38.7 Å². The minimum absolute atomic E-state index is 0.0752. The number of hydrogen-bond acceptors (Lipinski definition) is 3. The highest BCUT2D eigenvalue weighted by molar-refractivity contribution is 5.93. The Bertz CT molecular complexity index is 505. The molecule has 1 atom stereocenters. The molecule has 2 aliphatic rings. The minimum atomic E-state index is 0.0752. The number of piperidine rings is 1. The van der Waals surface area contributed by atoms with Crippen molar-refractivity contribution in [1.29, 1.82) is 0 Å². The molecule has 1 spiro atoms. The second kappa shape index (κ2) is 5.17. The lowest BCUT2D eigenvalue weighted by molar-refractivity contribution is -0.116. The average Bonchev–Trinajstić information content (AvgIpc) is 2.47. The number of amides is 1. The van der Waals surface area contributed by atoms with E-state index in [1.807, 2.05) is 24.0 Å². The van der Waals surface area contributed by atoms with Crippen LogP contribution >= 0.6 is 0 Å². The summed E-state index contributed by atoms with van der Waals surface area (Å²) in [6.07, 6.45) is 6.63. The lowest BCUT2D eigenvalue weighted by atomic mass is 9.61. The van der Waals surface area contributed by atoms with Gasteiger partial charge in [-0.05, 0) is 44.2 Å². The van der Waals surface area contributed by atoms with Gasteiger partial charge in [0.2, 0.25) is 0 Å². The highest BCUT2D eigenvalue weighted by Gasteiger charge is 2.49. The molecule has 1 saturated carbocycles. The molecule has 1 amide bonds. The van der Waals surface area contributed by atoms with Crippen molar-refractivity contribution in [3.05, 3.63) is 29.6 Å². The fourth-order valence-electron chi connectivity index (χ4n) is 3.62. The minimum Gasteiger partial charge on any atom is -0.381 e. The molecule has 0 radical (unpaired) electrons. The summed E-state index contributed by atoms with van der Waals surface area (Å²) >= 11 is 0. The molecular weight excluding hydrogens is 252 g/mol. The molecule has 1 aliphatic carbocycles. The number of methoxy groups -OCH3 is 1. The van der Waals surface area contributed by atoms with Crippen LogP contribution in [-0.4, -0.2) is 42.1 Å². The molecule has 2 heterocycles. The van der Waals surface area contributed by atoms with E-state index in [-0.39, 0.29) is 5.91 Å². The van der Waals surface area contributed by atoms with Gasteiger partial charge in [-0.2, -0.15) is 0 Å². The molecule has 4 nitrogen and oxygen atoms in total. The Morgan fingerprint density at radius 1 is 1.40 bits per heavy atom. The smallest absolute Gasteiger partial charge is 0.272 e. The van der Waals surface area contributed by atoms with Crippen LogP contribution in [0.5, 0.6) is 0 Å². The van der Waals surface area contributed by atoms with E-state index in [2.05, 4.69) is 4.98 Å². The van der Waals surface area contributed by atoms with Gasteiger partial charge in [-0.25, -0.2) is 0 Å². The van der Waals surface area contributed by atoms with Gasteiger partial charge in [0.25, 0.3) is 5.91 Å². The Morgan fingerprint density at radius 2 is 2.15 bits per heavy atom. The summed E-state index contributed by atoms with van der Waals surface area (Å²) < 4.78 is 5.56. The Hall–Kier alpha value is -1.42. The number of carbonyl (C=O) groups is 1. The molecule has 2 fully saturated rings. The number of hydrogen-bond donors (Lipinski definition) is 0. The van der Waals surface area contributed by atoms with E-state index >= 15 is 0 Å². The molecule has 4 heteroatoms. The maximum absolute atomic E-state index is 12.5. The van der Waals surface area contributed by atoms with Gasteiger partial charge in [0.15, 0.2) is 0 Å². The first-order valence-electron chi connectivity index (χ1n) is 7.40. The molecular formula is C16H22N2O2. The van der Waals surface area contributed by atoms with Crippen molar-refractivity contribution in [1.82, 2.24) is 9.88 Å². The predicted octanol–water partition coefficient (Wildman–Crippen LogP) is 2.42. The summed E-state index contributed by atoms with van der Waals surface area (Å²) in [4.78, 5) is 18.7. The quantitative estimate of drug-likeness (QED) is 0.831. The largest absolute Gasteiger partial charge is 0.381 e. The highest BCUT2D eigenvalue weighted by Crippen LogP contribution is 2.50. The van der Waals surface area contributed by atoms with E-state index in [0.29, 0.717) is 17.2 Å². The van der Waals surface area contributed by atoms with Crippen LogP contribution in [0.3, 0.4) is 0 Å². The van der Waals surface area contributed by atoms with Gasteiger partial charge in [-0.3, -0.25) is 9.78 Å². The lowest BCUT2D eigenvalue weighted by Crippen LogP contribution is -2.54. The lowest BCUT2D eigenvalue weighted by Gasteiger charge is -2.53. The maximum Gasteiger partial charge on any atom is 0.272 e. The van der Waals surface area contributed by atoms with Gasteiger partial charge in [0.05, 0.1) is 6.10 Å². The number of aromatic nitrogens is 1. The summed E-state index contributed by atoms with van der Waals surface area (Å²) in [6.45, 7) is 3.60. The standard InChI is InChI=1S/C16H22N2O2/c1-12-4-3-9-17-14(12)15(19)18-10-7-16(8-11-18)6-5-13(16)20-2/h3-4,9,13H,5-8,10-11H2,1-2H3. The monoisotopic (exact) mass is 274 g/mol. The van der Waals surface area contributed by atoms with Crippen LogP contribution in [0.2, 0.25) is 0 Å². The summed E-state index contributed by atoms with van der Waals surface area (Å²) in [5.74, 6) is 0.0752. The Morgan fingerprint density at radius 3 is 2.70 bits per heavy atom. The van der Waals surface area contributed by atoms with Gasteiger partial charge < -0.3 is 9.64 Å². The molecule has 1 aromatic rings. The number of nitrogens with zero attached hydrogens (tertiary/aromatic N) is 2. The zero-order chi connectivity index (χ0) is 14.2. The first kappa shape index (κ1) is 13.6. The normalized spacial score (nSPS) is 24.5. The van der Waals surface area contributed by atoms with Gasteiger partial charge >= 0.3 is 0 Å². The average molecular weight is 274 g/mol. The zero-order valence-corrected chi connectivity index (χ0v) is 12.3. The van der Waals surface area contributed by atoms with Gasteiger partial charge in [-0.1, -0.05) is 6.07 Å². The SMILES string of the molecule is COC1CCC12CCN(C(=O)c1ncccc1C)CC2. The van der Waals surface area contributed by atoms with Crippen LogP contribution in [0.15, 0.2) is 18.3 Å². The van der Waals surface area contributed by atoms with Crippen LogP contribution in [0.25, 0.3) is 0 Å². The van der Waals surface area contributed by atoms with E-state index < -0.39 is 0 Å². The molecule has 108 valence electrons.